The summed E-state index contributed by atoms with van der Waals surface area (Å²) in [5.41, 5.74) is 2.29. The zero-order chi connectivity index (χ0) is 12.5. The first-order chi connectivity index (χ1) is 8.74. The topological polar surface area (TPSA) is 38.1 Å². The largest absolute Gasteiger partial charge is 0.361 e. The molecule has 0 spiro atoms. The van der Waals surface area contributed by atoms with E-state index in [4.69, 9.17) is 4.52 Å². The molecule has 3 heteroatoms. The van der Waals surface area contributed by atoms with Crippen molar-refractivity contribution in [3.8, 4) is 0 Å². The van der Waals surface area contributed by atoms with E-state index in [2.05, 4.69) is 10.5 Å². The summed E-state index contributed by atoms with van der Waals surface area (Å²) in [6.45, 7) is 4.95. The van der Waals surface area contributed by atoms with E-state index in [1.807, 2.05) is 13.8 Å². The molecule has 2 aliphatic carbocycles. The summed E-state index contributed by atoms with van der Waals surface area (Å²) in [7, 11) is 0. The first kappa shape index (κ1) is 12.2. The molecule has 1 N–H and O–H groups in total. The fourth-order valence-electron chi connectivity index (χ4n) is 3.41. The fraction of sp³-hybridized carbons (Fsp3) is 0.800. The number of hydrogen-bond donors (Lipinski definition) is 1. The molecule has 0 amide bonds. The van der Waals surface area contributed by atoms with Gasteiger partial charge in [-0.25, -0.2) is 0 Å². The minimum absolute atomic E-state index is 0.707. The van der Waals surface area contributed by atoms with E-state index in [0.717, 1.165) is 29.8 Å². The lowest BCUT2D eigenvalue weighted by molar-refractivity contribution is 0.260. The van der Waals surface area contributed by atoms with Crippen LogP contribution in [0.1, 0.15) is 55.5 Å². The molecule has 1 heterocycles. The first-order valence-electron chi connectivity index (χ1n) is 7.39. The van der Waals surface area contributed by atoms with Crippen LogP contribution < -0.4 is 5.32 Å². The summed E-state index contributed by atoms with van der Waals surface area (Å²) in [5.74, 6) is 3.03. The molecular weight excluding hydrogens is 224 g/mol. The Morgan fingerprint density at radius 1 is 1.17 bits per heavy atom. The van der Waals surface area contributed by atoms with Gasteiger partial charge in [-0.1, -0.05) is 18.0 Å². The smallest absolute Gasteiger partial charge is 0.138 e. The third kappa shape index (κ3) is 2.61. The highest BCUT2D eigenvalue weighted by molar-refractivity contribution is 5.20. The van der Waals surface area contributed by atoms with E-state index in [1.165, 1.54) is 44.1 Å². The Kier molecular flexibility index (Phi) is 3.42. The molecule has 2 saturated carbocycles. The maximum atomic E-state index is 5.21. The molecule has 3 nitrogen and oxygen atoms in total. The summed E-state index contributed by atoms with van der Waals surface area (Å²) in [5, 5.41) is 7.74. The predicted octanol–water partition coefficient (Wildman–Crippen LogP) is 3.35. The quantitative estimate of drug-likeness (QED) is 0.888. The van der Waals surface area contributed by atoms with Crippen molar-refractivity contribution >= 4 is 0 Å². The molecule has 0 aliphatic heterocycles. The van der Waals surface area contributed by atoms with Crippen LogP contribution in [0, 0.1) is 25.7 Å². The maximum Gasteiger partial charge on any atom is 0.138 e. The average Bonchev–Trinajstić information content (AvgIpc) is 3.17. The minimum atomic E-state index is 0.707. The molecule has 2 atom stereocenters. The third-order valence-electron chi connectivity index (χ3n) is 4.75. The molecule has 3 rings (SSSR count). The Morgan fingerprint density at radius 3 is 2.67 bits per heavy atom. The van der Waals surface area contributed by atoms with Crippen LogP contribution in [0.15, 0.2) is 4.52 Å². The second-order valence-corrected chi connectivity index (χ2v) is 6.14. The average molecular weight is 248 g/mol. The van der Waals surface area contributed by atoms with E-state index >= 15 is 0 Å². The highest BCUT2D eigenvalue weighted by atomic mass is 16.5. The van der Waals surface area contributed by atoms with Crippen molar-refractivity contribution in [1.29, 1.82) is 0 Å². The van der Waals surface area contributed by atoms with Crippen molar-refractivity contribution in [2.24, 2.45) is 11.8 Å². The van der Waals surface area contributed by atoms with E-state index < -0.39 is 0 Å². The Balaban J connectivity index is 1.53. The monoisotopic (exact) mass is 248 g/mol. The van der Waals surface area contributed by atoms with E-state index in [9.17, 15) is 0 Å². The summed E-state index contributed by atoms with van der Waals surface area (Å²) in [6.07, 6.45) is 8.57. The van der Waals surface area contributed by atoms with Crippen LogP contribution in [0.5, 0.6) is 0 Å². The van der Waals surface area contributed by atoms with Crippen molar-refractivity contribution < 1.29 is 4.52 Å². The Bertz CT molecular complexity index is 389. The van der Waals surface area contributed by atoms with Gasteiger partial charge in [0.2, 0.25) is 0 Å². The molecule has 18 heavy (non-hydrogen) atoms. The second-order valence-electron chi connectivity index (χ2n) is 6.14. The third-order valence-corrected chi connectivity index (χ3v) is 4.75. The van der Waals surface area contributed by atoms with E-state index in [-0.39, 0.29) is 0 Å². The van der Waals surface area contributed by atoms with Crippen LogP contribution in [-0.4, -0.2) is 11.2 Å². The summed E-state index contributed by atoms with van der Waals surface area (Å²) < 4.78 is 5.21. The van der Waals surface area contributed by atoms with E-state index in [1.54, 1.807) is 0 Å². The van der Waals surface area contributed by atoms with Gasteiger partial charge in [0.15, 0.2) is 0 Å². The lowest BCUT2D eigenvalue weighted by Gasteiger charge is -2.30. The predicted molar refractivity (Wildman–Crippen MR) is 71.3 cm³/mol. The van der Waals surface area contributed by atoms with Crippen molar-refractivity contribution in [2.45, 2.75) is 65.0 Å². The van der Waals surface area contributed by atoms with Crippen LogP contribution >= 0.6 is 0 Å². The normalized spacial score (nSPS) is 28.6. The van der Waals surface area contributed by atoms with Gasteiger partial charge in [-0.3, -0.25) is 0 Å². The van der Waals surface area contributed by atoms with Crippen LogP contribution in [-0.2, 0) is 6.54 Å². The second kappa shape index (κ2) is 5.04. The SMILES string of the molecule is Cc1noc(C)c1CNC1CCCC(C2CC2)C1. The van der Waals surface area contributed by atoms with Crippen molar-refractivity contribution in [3.63, 3.8) is 0 Å². The fourth-order valence-corrected chi connectivity index (χ4v) is 3.41. The lowest BCUT2D eigenvalue weighted by atomic mass is 9.82. The lowest BCUT2D eigenvalue weighted by Crippen LogP contribution is -2.34. The highest BCUT2D eigenvalue weighted by Gasteiger charge is 2.34. The highest BCUT2D eigenvalue weighted by Crippen LogP contribution is 2.43. The molecule has 1 aromatic heterocycles. The molecule has 2 fully saturated rings. The zero-order valence-electron chi connectivity index (χ0n) is 11.5. The number of hydrogen-bond acceptors (Lipinski definition) is 3. The van der Waals surface area contributed by atoms with Gasteiger partial charge < -0.3 is 9.84 Å². The van der Waals surface area contributed by atoms with Gasteiger partial charge in [0.25, 0.3) is 0 Å². The molecule has 2 unspecified atom stereocenters. The molecule has 100 valence electrons. The summed E-state index contributed by atoms with van der Waals surface area (Å²) in [4.78, 5) is 0. The molecule has 0 aromatic carbocycles. The number of nitrogens with zero attached hydrogens (tertiary/aromatic N) is 1. The van der Waals surface area contributed by atoms with Crippen molar-refractivity contribution in [2.75, 3.05) is 0 Å². The van der Waals surface area contributed by atoms with Gasteiger partial charge in [-0.2, -0.15) is 0 Å². The van der Waals surface area contributed by atoms with Gasteiger partial charge >= 0.3 is 0 Å². The Hall–Kier alpha value is -0.830. The van der Waals surface area contributed by atoms with Crippen molar-refractivity contribution in [1.82, 2.24) is 10.5 Å². The molecule has 2 aliphatic rings. The Morgan fingerprint density at radius 2 is 2.00 bits per heavy atom. The van der Waals surface area contributed by atoms with Crippen LogP contribution in [0.2, 0.25) is 0 Å². The summed E-state index contributed by atoms with van der Waals surface area (Å²) in [6, 6.07) is 0.707. The number of aryl methyl sites for hydroxylation is 2. The molecule has 0 bridgehead atoms. The van der Waals surface area contributed by atoms with E-state index in [0.29, 0.717) is 6.04 Å². The molecule has 1 aromatic rings. The van der Waals surface area contributed by atoms with Crippen LogP contribution in [0.4, 0.5) is 0 Å². The maximum absolute atomic E-state index is 5.21. The van der Waals surface area contributed by atoms with Crippen LogP contribution in [0.3, 0.4) is 0 Å². The number of rotatable bonds is 4. The van der Waals surface area contributed by atoms with Crippen molar-refractivity contribution in [3.05, 3.63) is 17.0 Å². The standard InChI is InChI=1S/C15H24N2O/c1-10-15(11(2)18-17-10)9-16-14-5-3-4-13(8-14)12-6-7-12/h12-14,16H,3-9H2,1-2H3. The number of aromatic nitrogens is 1. The van der Waals surface area contributed by atoms with Gasteiger partial charge in [0.05, 0.1) is 5.69 Å². The Labute approximate surface area is 109 Å². The summed E-state index contributed by atoms with van der Waals surface area (Å²) >= 11 is 0. The number of nitrogens with one attached hydrogen (secondary N) is 1. The minimum Gasteiger partial charge on any atom is -0.361 e. The van der Waals surface area contributed by atoms with Gasteiger partial charge in [-0.05, 0) is 51.4 Å². The van der Waals surface area contributed by atoms with Gasteiger partial charge in [0, 0.05) is 18.2 Å². The molecule has 0 radical (unpaired) electrons. The van der Waals surface area contributed by atoms with Gasteiger partial charge in [-0.15, -0.1) is 0 Å². The molecular formula is C15H24N2O. The first-order valence-corrected chi connectivity index (χ1v) is 7.39. The van der Waals surface area contributed by atoms with Crippen LogP contribution in [0.25, 0.3) is 0 Å². The zero-order valence-corrected chi connectivity index (χ0v) is 11.5. The molecule has 0 saturated heterocycles. The van der Waals surface area contributed by atoms with Gasteiger partial charge in [0.1, 0.15) is 5.76 Å².